The molecular formula is C13H24N4S. The van der Waals surface area contributed by atoms with Crippen LogP contribution >= 0.6 is 11.8 Å². The molecule has 2 rings (SSSR count). The number of nitrogens with one attached hydrogen (secondary N) is 1. The molecule has 1 aromatic rings. The van der Waals surface area contributed by atoms with Crippen molar-refractivity contribution in [2.24, 2.45) is 5.84 Å². The topological polar surface area (TPSA) is 55.9 Å². The van der Waals surface area contributed by atoms with E-state index in [0.717, 1.165) is 12.1 Å². The lowest BCUT2D eigenvalue weighted by Gasteiger charge is -2.32. The van der Waals surface area contributed by atoms with E-state index in [2.05, 4.69) is 43.6 Å². The van der Waals surface area contributed by atoms with Crippen molar-refractivity contribution in [2.75, 3.05) is 5.75 Å². The van der Waals surface area contributed by atoms with E-state index in [9.17, 15) is 0 Å². The van der Waals surface area contributed by atoms with Crippen molar-refractivity contribution < 1.29 is 0 Å². The van der Waals surface area contributed by atoms with Crippen LogP contribution < -0.4 is 11.3 Å². The minimum atomic E-state index is 0.246. The van der Waals surface area contributed by atoms with E-state index in [0.29, 0.717) is 12.1 Å². The van der Waals surface area contributed by atoms with E-state index in [-0.39, 0.29) is 4.75 Å². The van der Waals surface area contributed by atoms with Crippen LogP contribution in [0.5, 0.6) is 0 Å². The van der Waals surface area contributed by atoms with E-state index < -0.39 is 0 Å². The number of hydrogen-bond acceptors (Lipinski definition) is 4. The smallest absolute Gasteiger partial charge is 0.0641 e. The zero-order chi connectivity index (χ0) is 13.2. The number of hydrogen-bond donors (Lipinski definition) is 2. The first-order valence-corrected chi connectivity index (χ1v) is 7.68. The highest BCUT2D eigenvalue weighted by molar-refractivity contribution is 8.00. The maximum absolute atomic E-state index is 5.75. The Morgan fingerprint density at radius 3 is 2.89 bits per heavy atom. The van der Waals surface area contributed by atoms with Gasteiger partial charge < -0.3 is 0 Å². The van der Waals surface area contributed by atoms with Gasteiger partial charge in [0.05, 0.1) is 5.69 Å². The molecule has 4 nitrogen and oxygen atoms in total. The number of nitrogens with zero attached hydrogens (tertiary/aromatic N) is 2. The Hall–Kier alpha value is -0.520. The van der Waals surface area contributed by atoms with Gasteiger partial charge in [-0.15, -0.1) is 0 Å². The SMILES string of the molecule is CC(C)n1ccc(CC(NN)C2(C)CCCS2)n1. The van der Waals surface area contributed by atoms with Gasteiger partial charge in [0.2, 0.25) is 0 Å². The molecule has 102 valence electrons. The van der Waals surface area contributed by atoms with E-state index >= 15 is 0 Å². The van der Waals surface area contributed by atoms with Crippen LogP contribution in [-0.4, -0.2) is 26.3 Å². The molecule has 0 aromatic carbocycles. The summed E-state index contributed by atoms with van der Waals surface area (Å²) < 4.78 is 2.25. The third-order valence-electron chi connectivity index (χ3n) is 3.79. The molecule has 2 heterocycles. The molecule has 3 N–H and O–H groups in total. The third kappa shape index (κ3) is 2.90. The van der Waals surface area contributed by atoms with E-state index in [1.807, 2.05) is 16.4 Å². The molecule has 2 atom stereocenters. The standard InChI is InChI=1S/C13H24N4S/c1-10(2)17-7-5-11(16-17)9-12(15-14)13(3)6-4-8-18-13/h5,7,10,12,15H,4,6,8-9,14H2,1-3H3. The average Bonchev–Trinajstić information content (AvgIpc) is 2.95. The average molecular weight is 268 g/mol. The molecule has 1 saturated heterocycles. The van der Waals surface area contributed by atoms with Gasteiger partial charge in [0.15, 0.2) is 0 Å². The monoisotopic (exact) mass is 268 g/mol. The Bertz CT molecular complexity index is 382. The number of hydrazine groups is 1. The maximum atomic E-state index is 5.75. The summed E-state index contributed by atoms with van der Waals surface area (Å²) in [7, 11) is 0. The van der Waals surface area contributed by atoms with E-state index in [4.69, 9.17) is 5.84 Å². The summed E-state index contributed by atoms with van der Waals surface area (Å²) in [5.41, 5.74) is 4.13. The van der Waals surface area contributed by atoms with Crippen molar-refractivity contribution in [1.29, 1.82) is 0 Å². The molecule has 1 fully saturated rings. The van der Waals surface area contributed by atoms with Gasteiger partial charge >= 0.3 is 0 Å². The van der Waals surface area contributed by atoms with Crippen molar-refractivity contribution in [3.8, 4) is 0 Å². The lowest BCUT2D eigenvalue weighted by molar-refractivity contribution is 0.400. The van der Waals surface area contributed by atoms with E-state index in [1.165, 1.54) is 18.6 Å². The summed E-state index contributed by atoms with van der Waals surface area (Å²) in [6.07, 6.45) is 5.48. The van der Waals surface area contributed by atoms with Gasteiger partial charge in [0, 0.05) is 29.4 Å². The fraction of sp³-hybridized carbons (Fsp3) is 0.769. The summed E-state index contributed by atoms with van der Waals surface area (Å²) in [4.78, 5) is 0. The number of rotatable bonds is 5. The Kier molecular flexibility index (Phi) is 4.35. The van der Waals surface area contributed by atoms with Gasteiger partial charge in [0.25, 0.3) is 0 Å². The largest absolute Gasteiger partial charge is 0.271 e. The second-order valence-electron chi connectivity index (χ2n) is 5.57. The van der Waals surface area contributed by atoms with Crippen LogP contribution in [0.1, 0.15) is 45.3 Å². The molecule has 1 aliphatic heterocycles. The lowest BCUT2D eigenvalue weighted by atomic mass is 9.93. The normalized spacial score (nSPS) is 25.8. The van der Waals surface area contributed by atoms with Crippen molar-refractivity contribution >= 4 is 11.8 Å². The zero-order valence-electron chi connectivity index (χ0n) is 11.5. The fourth-order valence-corrected chi connectivity index (χ4v) is 3.91. The first-order valence-electron chi connectivity index (χ1n) is 6.69. The summed E-state index contributed by atoms with van der Waals surface area (Å²) in [6, 6.07) is 2.81. The Morgan fingerprint density at radius 2 is 2.39 bits per heavy atom. The Balaban J connectivity index is 2.05. The molecule has 1 aromatic heterocycles. The van der Waals surface area contributed by atoms with Crippen LogP contribution in [0.2, 0.25) is 0 Å². The fourth-order valence-electron chi connectivity index (χ4n) is 2.51. The van der Waals surface area contributed by atoms with E-state index in [1.54, 1.807) is 0 Å². The van der Waals surface area contributed by atoms with Gasteiger partial charge in [0.1, 0.15) is 0 Å². The van der Waals surface area contributed by atoms with Crippen molar-refractivity contribution in [1.82, 2.24) is 15.2 Å². The molecular weight excluding hydrogens is 244 g/mol. The van der Waals surface area contributed by atoms with Crippen LogP contribution in [0, 0.1) is 0 Å². The highest BCUT2D eigenvalue weighted by Crippen LogP contribution is 2.41. The molecule has 0 saturated carbocycles. The summed E-state index contributed by atoms with van der Waals surface area (Å²) >= 11 is 2.03. The predicted octanol–water partition coefficient (Wildman–Crippen LogP) is 2.12. The summed E-state index contributed by atoms with van der Waals surface area (Å²) in [5.74, 6) is 7.00. The van der Waals surface area contributed by atoms with Crippen LogP contribution in [0.3, 0.4) is 0 Å². The van der Waals surface area contributed by atoms with Crippen LogP contribution in [-0.2, 0) is 6.42 Å². The summed E-state index contributed by atoms with van der Waals surface area (Å²) in [5, 5.41) is 4.61. The van der Waals surface area contributed by atoms with Crippen molar-refractivity contribution in [3.63, 3.8) is 0 Å². The first kappa shape index (κ1) is 13.9. The molecule has 1 aliphatic rings. The minimum Gasteiger partial charge on any atom is -0.271 e. The maximum Gasteiger partial charge on any atom is 0.0641 e. The van der Waals surface area contributed by atoms with Gasteiger partial charge in [-0.05, 0) is 45.4 Å². The Labute approximate surface area is 114 Å². The number of nitrogens with two attached hydrogens (primary N) is 1. The molecule has 5 heteroatoms. The first-order chi connectivity index (χ1) is 8.55. The zero-order valence-corrected chi connectivity index (χ0v) is 12.3. The predicted molar refractivity (Wildman–Crippen MR) is 77.5 cm³/mol. The molecule has 0 bridgehead atoms. The third-order valence-corrected chi connectivity index (χ3v) is 5.43. The lowest BCUT2D eigenvalue weighted by Crippen LogP contribution is -2.50. The molecule has 0 spiro atoms. The molecule has 2 unspecified atom stereocenters. The van der Waals surface area contributed by atoms with Gasteiger partial charge in [-0.1, -0.05) is 0 Å². The Morgan fingerprint density at radius 1 is 1.61 bits per heavy atom. The number of aromatic nitrogens is 2. The second-order valence-corrected chi connectivity index (χ2v) is 7.20. The van der Waals surface area contributed by atoms with Gasteiger partial charge in [-0.25, -0.2) is 0 Å². The van der Waals surface area contributed by atoms with Crippen molar-refractivity contribution in [3.05, 3.63) is 18.0 Å². The highest BCUT2D eigenvalue weighted by atomic mass is 32.2. The molecule has 0 amide bonds. The van der Waals surface area contributed by atoms with Gasteiger partial charge in [-0.3, -0.25) is 16.0 Å². The van der Waals surface area contributed by atoms with Crippen LogP contribution in [0.15, 0.2) is 12.3 Å². The minimum absolute atomic E-state index is 0.246. The molecule has 18 heavy (non-hydrogen) atoms. The van der Waals surface area contributed by atoms with Crippen LogP contribution in [0.4, 0.5) is 0 Å². The van der Waals surface area contributed by atoms with Crippen LogP contribution in [0.25, 0.3) is 0 Å². The molecule has 0 aliphatic carbocycles. The van der Waals surface area contributed by atoms with Gasteiger partial charge in [-0.2, -0.15) is 16.9 Å². The molecule has 0 radical (unpaired) electrons. The van der Waals surface area contributed by atoms with Crippen molar-refractivity contribution in [2.45, 2.75) is 56.9 Å². The number of thioether (sulfide) groups is 1. The quantitative estimate of drug-likeness (QED) is 0.634. The second kappa shape index (κ2) is 5.63. The summed E-state index contributed by atoms with van der Waals surface area (Å²) in [6.45, 7) is 6.60. The highest BCUT2D eigenvalue weighted by Gasteiger charge is 2.37.